The number of aromatic nitrogens is 2. The highest BCUT2D eigenvalue weighted by molar-refractivity contribution is 7.09. The molecule has 0 spiro atoms. The van der Waals surface area contributed by atoms with Crippen molar-refractivity contribution in [3.63, 3.8) is 0 Å². The summed E-state index contributed by atoms with van der Waals surface area (Å²) in [6, 6.07) is 7.42. The monoisotopic (exact) mass is 277 g/mol. The van der Waals surface area contributed by atoms with Crippen molar-refractivity contribution >= 4 is 16.7 Å². The quantitative estimate of drug-likeness (QED) is 0.840. The fourth-order valence-corrected chi connectivity index (χ4v) is 2.94. The molecule has 1 aliphatic carbocycles. The molecule has 1 saturated carbocycles. The lowest BCUT2D eigenvalue weighted by Crippen LogP contribution is -2.28. The number of halogens is 1. The zero-order valence-corrected chi connectivity index (χ0v) is 11.7. The molecule has 3 nitrogen and oxygen atoms in total. The van der Waals surface area contributed by atoms with Crippen molar-refractivity contribution in [1.82, 2.24) is 9.36 Å². The molecular formula is C14H16FN3S. The van der Waals surface area contributed by atoms with Gasteiger partial charge in [0.25, 0.3) is 0 Å². The zero-order valence-electron chi connectivity index (χ0n) is 10.8. The van der Waals surface area contributed by atoms with Gasteiger partial charge in [0.05, 0.1) is 0 Å². The molecule has 1 aromatic carbocycles. The molecule has 0 amide bonds. The van der Waals surface area contributed by atoms with Gasteiger partial charge < -0.3 is 4.90 Å². The summed E-state index contributed by atoms with van der Waals surface area (Å²) < 4.78 is 17.4. The highest BCUT2D eigenvalue weighted by Crippen LogP contribution is 2.32. The summed E-state index contributed by atoms with van der Waals surface area (Å²) in [6.45, 7) is 2.79. The van der Waals surface area contributed by atoms with Crippen molar-refractivity contribution in [2.75, 3.05) is 11.4 Å². The SMILES string of the molecule is Cc1nsc(N(CCc2cccc(F)c2)C2CC2)n1. The van der Waals surface area contributed by atoms with E-state index in [4.69, 9.17) is 0 Å². The highest BCUT2D eigenvalue weighted by atomic mass is 32.1. The van der Waals surface area contributed by atoms with Crippen molar-refractivity contribution in [3.05, 3.63) is 41.5 Å². The summed E-state index contributed by atoms with van der Waals surface area (Å²) in [5, 5.41) is 0.997. The second-order valence-electron chi connectivity index (χ2n) is 4.93. The van der Waals surface area contributed by atoms with Gasteiger partial charge in [0, 0.05) is 24.1 Å². The van der Waals surface area contributed by atoms with Crippen LogP contribution in [0.4, 0.5) is 9.52 Å². The third-order valence-corrected chi connectivity index (χ3v) is 4.13. The van der Waals surface area contributed by atoms with Crippen LogP contribution >= 0.6 is 11.5 Å². The average Bonchev–Trinajstić information content (AvgIpc) is 3.13. The van der Waals surface area contributed by atoms with Crippen molar-refractivity contribution in [2.24, 2.45) is 0 Å². The number of hydrogen-bond donors (Lipinski definition) is 0. The molecule has 2 aromatic rings. The van der Waals surface area contributed by atoms with Crippen LogP contribution in [-0.2, 0) is 6.42 Å². The first-order chi connectivity index (χ1) is 9.22. The lowest BCUT2D eigenvalue weighted by atomic mass is 10.1. The third-order valence-electron chi connectivity index (χ3n) is 3.28. The topological polar surface area (TPSA) is 29.0 Å². The Kier molecular flexibility index (Phi) is 3.46. The van der Waals surface area contributed by atoms with Crippen molar-refractivity contribution in [2.45, 2.75) is 32.2 Å². The van der Waals surface area contributed by atoms with Gasteiger partial charge in [-0.2, -0.15) is 4.37 Å². The average molecular weight is 277 g/mol. The molecule has 1 aromatic heterocycles. The third kappa shape index (κ3) is 3.10. The Morgan fingerprint density at radius 3 is 2.89 bits per heavy atom. The van der Waals surface area contributed by atoms with Crippen LogP contribution < -0.4 is 4.90 Å². The van der Waals surface area contributed by atoms with Crippen molar-refractivity contribution in [3.8, 4) is 0 Å². The van der Waals surface area contributed by atoms with Crippen LogP contribution in [0.25, 0.3) is 0 Å². The molecular weight excluding hydrogens is 261 g/mol. The van der Waals surface area contributed by atoms with Crippen LogP contribution in [0.5, 0.6) is 0 Å². The molecule has 3 rings (SSSR count). The molecule has 0 bridgehead atoms. The number of rotatable bonds is 5. The Labute approximate surface area is 116 Å². The first-order valence-electron chi connectivity index (χ1n) is 6.54. The smallest absolute Gasteiger partial charge is 0.205 e. The zero-order chi connectivity index (χ0) is 13.2. The van der Waals surface area contributed by atoms with Gasteiger partial charge in [-0.05, 0) is 43.9 Å². The van der Waals surface area contributed by atoms with E-state index in [9.17, 15) is 4.39 Å². The minimum absolute atomic E-state index is 0.165. The lowest BCUT2D eigenvalue weighted by molar-refractivity contribution is 0.624. The molecule has 1 aliphatic rings. The second-order valence-corrected chi connectivity index (χ2v) is 5.66. The minimum Gasteiger partial charge on any atom is -0.344 e. The summed E-state index contributed by atoms with van der Waals surface area (Å²) >= 11 is 1.46. The minimum atomic E-state index is -0.165. The van der Waals surface area contributed by atoms with Crippen LogP contribution in [0.1, 0.15) is 24.2 Å². The Morgan fingerprint density at radius 2 is 2.26 bits per heavy atom. The summed E-state index contributed by atoms with van der Waals surface area (Å²) in [5.41, 5.74) is 1.03. The van der Waals surface area contributed by atoms with E-state index in [2.05, 4.69) is 14.3 Å². The van der Waals surface area contributed by atoms with E-state index in [0.29, 0.717) is 6.04 Å². The first-order valence-corrected chi connectivity index (χ1v) is 7.31. The number of aryl methyl sites for hydroxylation is 1. The van der Waals surface area contributed by atoms with Gasteiger partial charge in [0.2, 0.25) is 5.13 Å². The number of nitrogens with zero attached hydrogens (tertiary/aromatic N) is 3. The Hall–Kier alpha value is -1.49. The molecule has 19 heavy (non-hydrogen) atoms. The van der Waals surface area contributed by atoms with E-state index in [1.54, 1.807) is 12.1 Å². The summed E-state index contributed by atoms with van der Waals surface area (Å²) in [7, 11) is 0. The summed E-state index contributed by atoms with van der Waals surface area (Å²) in [6.07, 6.45) is 3.29. The van der Waals surface area contributed by atoms with Gasteiger partial charge in [-0.3, -0.25) is 0 Å². The van der Waals surface area contributed by atoms with E-state index in [1.807, 2.05) is 13.0 Å². The molecule has 0 unspecified atom stereocenters. The predicted octanol–water partition coefficient (Wildman–Crippen LogP) is 3.20. The molecule has 0 radical (unpaired) electrons. The van der Waals surface area contributed by atoms with Crippen LogP contribution in [-0.4, -0.2) is 21.9 Å². The molecule has 100 valence electrons. The molecule has 0 saturated heterocycles. The maximum atomic E-state index is 13.2. The molecule has 0 N–H and O–H groups in total. The fraction of sp³-hybridized carbons (Fsp3) is 0.429. The van der Waals surface area contributed by atoms with Crippen LogP contribution in [0.3, 0.4) is 0 Å². The second kappa shape index (κ2) is 5.25. The normalized spacial score (nSPS) is 14.6. The Balaban J connectivity index is 1.69. The molecule has 0 aliphatic heterocycles. The maximum Gasteiger partial charge on any atom is 0.205 e. The van der Waals surface area contributed by atoms with E-state index >= 15 is 0 Å². The largest absolute Gasteiger partial charge is 0.344 e. The number of hydrogen-bond acceptors (Lipinski definition) is 4. The first kappa shape index (κ1) is 12.5. The van der Waals surface area contributed by atoms with E-state index in [1.165, 1.54) is 30.4 Å². The van der Waals surface area contributed by atoms with Crippen LogP contribution in [0, 0.1) is 12.7 Å². The Morgan fingerprint density at radius 1 is 1.42 bits per heavy atom. The van der Waals surface area contributed by atoms with Gasteiger partial charge in [-0.25, -0.2) is 9.37 Å². The van der Waals surface area contributed by atoms with Gasteiger partial charge in [-0.15, -0.1) is 0 Å². The molecule has 1 fully saturated rings. The van der Waals surface area contributed by atoms with Crippen LogP contribution in [0.2, 0.25) is 0 Å². The van der Waals surface area contributed by atoms with Crippen LogP contribution in [0.15, 0.2) is 24.3 Å². The highest BCUT2D eigenvalue weighted by Gasteiger charge is 2.30. The standard InChI is InChI=1S/C14H16FN3S/c1-10-16-14(19-17-10)18(13-5-6-13)8-7-11-3-2-4-12(15)9-11/h2-4,9,13H,5-8H2,1H3. The number of anilines is 1. The Bertz CT molecular complexity index is 565. The fourth-order valence-electron chi connectivity index (χ4n) is 2.17. The number of benzene rings is 1. The summed E-state index contributed by atoms with van der Waals surface area (Å²) in [5.74, 6) is 0.665. The molecule has 5 heteroatoms. The molecule has 0 atom stereocenters. The van der Waals surface area contributed by atoms with Gasteiger partial charge in [0.15, 0.2) is 0 Å². The summed E-state index contributed by atoms with van der Waals surface area (Å²) in [4.78, 5) is 6.78. The van der Waals surface area contributed by atoms with Crippen molar-refractivity contribution in [1.29, 1.82) is 0 Å². The van der Waals surface area contributed by atoms with Gasteiger partial charge in [-0.1, -0.05) is 12.1 Å². The maximum absolute atomic E-state index is 13.2. The van der Waals surface area contributed by atoms with E-state index in [-0.39, 0.29) is 5.82 Å². The predicted molar refractivity (Wildman–Crippen MR) is 75.1 cm³/mol. The lowest BCUT2D eigenvalue weighted by Gasteiger charge is -2.20. The van der Waals surface area contributed by atoms with Gasteiger partial charge in [0.1, 0.15) is 11.6 Å². The van der Waals surface area contributed by atoms with E-state index < -0.39 is 0 Å². The van der Waals surface area contributed by atoms with E-state index in [0.717, 1.165) is 29.5 Å². The van der Waals surface area contributed by atoms with Gasteiger partial charge >= 0.3 is 0 Å². The molecule has 1 heterocycles. The van der Waals surface area contributed by atoms with Crippen molar-refractivity contribution < 1.29 is 4.39 Å².